The Morgan fingerprint density at radius 2 is 1.86 bits per heavy atom. The Balaban J connectivity index is 1.78. The number of ether oxygens (including phenoxy) is 2. The van der Waals surface area contributed by atoms with Gasteiger partial charge in [-0.05, 0) is 25.2 Å². The average Bonchev–Trinajstić information content (AvgIpc) is 2.92. The number of aliphatic hydroxyl groups excluding tert-OH is 4. The number of allylic oxidation sites excluding steroid dienone is 1. The second-order valence-corrected chi connectivity index (χ2v) is 9.79. The number of fused-ring (bicyclic) bond motifs is 1. The van der Waals surface area contributed by atoms with E-state index >= 15 is 0 Å². The fourth-order valence-electron chi connectivity index (χ4n) is 7.80. The van der Waals surface area contributed by atoms with Crippen LogP contribution in [-0.4, -0.2) is 74.4 Å². The Kier molecular flexibility index (Phi) is 3.63. The molecule has 156 valence electrons. The van der Waals surface area contributed by atoms with Crippen molar-refractivity contribution in [1.29, 1.82) is 0 Å². The van der Waals surface area contributed by atoms with Crippen LogP contribution in [0.4, 0.5) is 0 Å². The summed E-state index contributed by atoms with van der Waals surface area (Å²) in [5.74, 6) is -5.11. The minimum Gasteiger partial charge on any atom is -0.460 e. The van der Waals surface area contributed by atoms with E-state index in [4.69, 9.17) is 9.47 Å². The molecule has 2 saturated carbocycles. The average molecular weight is 396 g/mol. The quantitative estimate of drug-likeness (QED) is 0.258. The molecule has 2 saturated heterocycles. The van der Waals surface area contributed by atoms with Crippen LogP contribution in [0.15, 0.2) is 11.6 Å². The largest absolute Gasteiger partial charge is 0.460 e. The van der Waals surface area contributed by atoms with Crippen molar-refractivity contribution in [3.05, 3.63) is 11.6 Å². The van der Waals surface area contributed by atoms with Crippen molar-refractivity contribution >= 4 is 5.97 Å². The molecule has 3 aliphatic carbocycles. The van der Waals surface area contributed by atoms with E-state index in [1.165, 1.54) is 0 Å². The zero-order valence-electron chi connectivity index (χ0n) is 16.1. The third kappa shape index (κ3) is 1.77. The first-order chi connectivity index (χ1) is 13.0. The predicted molar refractivity (Wildman–Crippen MR) is 93.4 cm³/mol. The lowest BCUT2D eigenvalue weighted by Crippen LogP contribution is -2.77. The fourth-order valence-corrected chi connectivity index (χ4v) is 7.80. The molecule has 5 aliphatic rings. The molecule has 2 aliphatic heterocycles. The van der Waals surface area contributed by atoms with Crippen molar-refractivity contribution in [2.24, 2.45) is 34.5 Å². The van der Waals surface area contributed by atoms with E-state index in [9.17, 15) is 30.3 Å². The number of rotatable bonds is 0. The van der Waals surface area contributed by atoms with Crippen LogP contribution in [0.3, 0.4) is 0 Å². The Morgan fingerprint density at radius 1 is 1.18 bits per heavy atom. The lowest BCUT2D eigenvalue weighted by atomic mass is 9.38. The molecular weight excluding hydrogens is 368 g/mol. The van der Waals surface area contributed by atoms with Crippen LogP contribution in [0, 0.1) is 34.5 Å². The summed E-state index contributed by atoms with van der Waals surface area (Å²) in [7, 11) is 0. The molecule has 2 heterocycles. The molecule has 1 unspecified atom stereocenters. The molecule has 5 N–H and O–H groups in total. The molecule has 1 spiro atoms. The highest BCUT2D eigenvalue weighted by Gasteiger charge is 2.83. The summed E-state index contributed by atoms with van der Waals surface area (Å²) in [6, 6.07) is 0. The Hall–Kier alpha value is -1.03. The maximum absolute atomic E-state index is 12.4. The van der Waals surface area contributed by atoms with Crippen LogP contribution in [0.25, 0.3) is 0 Å². The van der Waals surface area contributed by atoms with Gasteiger partial charge in [-0.1, -0.05) is 25.5 Å². The summed E-state index contributed by atoms with van der Waals surface area (Å²) in [6.07, 6.45) is -3.75. The number of hydrogen-bond acceptors (Lipinski definition) is 8. The summed E-state index contributed by atoms with van der Waals surface area (Å²) >= 11 is 0. The van der Waals surface area contributed by atoms with Gasteiger partial charge in [0.25, 0.3) is 0 Å². The van der Waals surface area contributed by atoms with Gasteiger partial charge in [0.2, 0.25) is 0 Å². The van der Waals surface area contributed by atoms with E-state index in [0.29, 0.717) is 6.42 Å². The molecular formula is C20H28O8. The van der Waals surface area contributed by atoms with Crippen molar-refractivity contribution in [2.45, 2.75) is 63.5 Å². The lowest BCUT2D eigenvalue weighted by molar-refractivity contribution is -0.344. The van der Waals surface area contributed by atoms with E-state index < -0.39 is 70.9 Å². The standard InChI is InChI=1S/C20H28O8/c1-7-4-10(21)15(24)18(3)9(7)5-11-19-6-27-20(26,17(18)19)14(23)8(2)12(19)13(22)16(25)28-11/h4,8-15,17,21-24,26H,5-6H2,1-3H3/t8-,9-,10+,11?,12+,13+,14+,15-,17+,18+,19-,20-/m0/s1. The van der Waals surface area contributed by atoms with Crippen molar-refractivity contribution in [3.8, 4) is 0 Å². The van der Waals surface area contributed by atoms with Gasteiger partial charge in [0.1, 0.15) is 12.2 Å². The van der Waals surface area contributed by atoms with Gasteiger partial charge in [-0.3, -0.25) is 0 Å². The molecule has 12 atom stereocenters. The molecule has 28 heavy (non-hydrogen) atoms. The van der Waals surface area contributed by atoms with Gasteiger partial charge in [-0.15, -0.1) is 0 Å². The van der Waals surface area contributed by atoms with Gasteiger partial charge in [-0.2, -0.15) is 0 Å². The second kappa shape index (κ2) is 5.36. The SMILES string of the molecule is CC1=C[C@@H](O)[C@H](O)[C@@]2(C)[C@H]1CC1OC(=O)[C@H](O)[C@H]3[C@H](C)[C@@H](O)[C@]4(O)OC[C@]13[C@H]42. The molecule has 0 aromatic heterocycles. The number of carbonyl (C=O) groups is 1. The fraction of sp³-hybridized carbons (Fsp3) is 0.850. The summed E-state index contributed by atoms with van der Waals surface area (Å²) in [5.41, 5.74) is -1.15. The summed E-state index contributed by atoms with van der Waals surface area (Å²) in [4.78, 5) is 12.4. The van der Waals surface area contributed by atoms with Gasteiger partial charge in [0.05, 0.1) is 18.8 Å². The highest BCUT2D eigenvalue weighted by Crippen LogP contribution is 2.73. The van der Waals surface area contributed by atoms with E-state index in [0.717, 1.165) is 5.57 Å². The van der Waals surface area contributed by atoms with Crippen LogP contribution in [0.1, 0.15) is 27.2 Å². The van der Waals surface area contributed by atoms with E-state index in [1.807, 2.05) is 6.92 Å². The van der Waals surface area contributed by atoms with Gasteiger partial charge < -0.3 is 35.0 Å². The first-order valence-corrected chi connectivity index (χ1v) is 9.98. The molecule has 4 fully saturated rings. The summed E-state index contributed by atoms with van der Waals surface area (Å²) in [5, 5.41) is 54.8. The Bertz CT molecular complexity index is 767. The normalized spacial score (nSPS) is 62.5. The molecule has 2 bridgehead atoms. The predicted octanol–water partition coefficient (Wildman–Crippen LogP) is -1.07. The monoisotopic (exact) mass is 396 g/mol. The van der Waals surface area contributed by atoms with E-state index in [1.54, 1.807) is 19.9 Å². The maximum Gasteiger partial charge on any atom is 0.335 e. The topological polar surface area (TPSA) is 137 Å². The molecule has 8 heteroatoms. The summed E-state index contributed by atoms with van der Waals surface area (Å²) < 4.78 is 11.5. The lowest BCUT2D eigenvalue weighted by Gasteiger charge is -2.68. The van der Waals surface area contributed by atoms with Crippen molar-refractivity contribution in [2.75, 3.05) is 6.61 Å². The van der Waals surface area contributed by atoms with Gasteiger partial charge >= 0.3 is 5.97 Å². The van der Waals surface area contributed by atoms with Crippen LogP contribution in [0.2, 0.25) is 0 Å². The van der Waals surface area contributed by atoms with Crippen molar-refractivity contribution in [1.82, 2.24) is 0 Å². The zero-order valence-corrected chi connectivity index (χ0v) is 16.1. The van der Waals surface area contributed by atoms with E-state index in [-0.39, 0.29) is 12.5 Å². The number of aliphatic hydroxyl groups is 5. The maximum atomic E-state index is 12.4. The molecule has 8 nitrogen and oxygen atoms in total. The van der Waals surface area contributed by atoms with Crippen LogP contribution >= 0.6 is 0 Å². The third-order valence-corrected chi connectivity index (χ3v) is 8.82. The molecule has 0 amide bonds. The number of esters is 1. The Morgan fingerprint density at radius 3 is 2.54 bits per heavy atom. The molecule has 0 aromatic rings. The Labute approximate surface area is 162 Å². The minimum absolute atomic E-state index is 0.00310. The van der Waals surface area contributed by atoms with Crippen molar-refractivity contribution in [3.63, 3.8) is 0 Å². The first kappa shape index (κ1) is 19.0. The number of carbonyl (C=O) groups excluding carboxylic acids is 1. The van der Waals surface area contributed by atoms with Gasteiger partial charge in [0.15, 0.2) is 11.9 Å². The second-order valence-electron chi connectivity index (χ2n) is 9.79. The highest BCUT2D eigenvalue weighted by atomic mass is 16.7. The van der Waals surface area contributed by atoms with E-state index in [2.05, 4.69) is 0 Å². The molecule has 5 rings (SSSR count). The summed E-state index contributed by atoms with van der Waals surface area (Å²) in [6.45, 7) is 5.34. The van der Waals surface area contributed by atoms with Gasteiger partial charge in [-0.25, -0.2) is 4.79 Å². The van der Waals surface area contributed by atoms with Crippen LogP contribution in [0.5, 0.6) is 0 Å². The van der Waals surface area contributed by atoms with Crippen LogP contribution < -0.4 is 0 Å². The van der Waals surface area contributed by atoms with Gasteiger partial charge in [0, 0.05) is 22.7 Å². The van der Waals surface area contributed by atoms with Crippen molar-refractivity contribution < 1.29 is 39.8 Å². The smallest absolute Gasteiger partial charge is 0.335 e. The molecule has 0 aromatic carbocycles. The highest BCUT2D eigenvalue weighted by molar-refractivity contribution is 5.76. The third-order valence-electron chi connectivity index (χ3n) is 8.82. The number of hydrogen-bond donors (Lipinski definition) is 5. The van der Waals surface area contributed by atoms with Crippen LogP contribution in [-0.2, 0) is 14.3 Å². The first-order valence-electron chi connectivity index (χ1n) is 9.98. The molecule has 0 radical (unpaired) electrons. The zero-order chi connectivity index (χ0) is 20.4. The minimum atomic E-state index is -1.97.